The van der Waals surface area contributed by atoms with Crippen molar-refractivity contribution in [2.45, 2.75) is 6.42 Å². The van der Waals surface area contributed by atoms with Gasteiger partial charge in [-0.25, -0.2) is 4.98 Å². The second kappa shape index (κ2) is 5.28. The minimum Gasteiger partial charge on any atom is -0.346 e. The summed E-state index contributed by atoms with van der Waals surface area (Å²) in [6, 6.07) is 18.6. The smallest absolute Gasteiger partial charge is 0.136 e. The van der Waals surface area contributed by atoms with E-state index in [1.54, 1.807) is 11.3 Å². The zero-order valence-corrected chi connectivity index (χ0v) is 12.7. The Hall–Kier alpha value is -2.64. The van der Waals surface area contributed by atoms with Crippen LogP contribution in [0.1, 0.15) is 10.6 Å². The van der Waals surface area contributed by atoms with E-state index in [0.717, 1.165) is 28.2 Å². The van der Waals surface area contributed by atoms with Gasteiger partial charge in [0.25, 0.3) is 0 Å². The molecule has 2 aromatic carbocycles. The molecule has 0 spiro atoms. The number of nitrogens with zero attached hydrogens (tertiary/aromatic N) is 3. The molecule has 0 atom stereocenters. The molecule has 0 bridgehead atoms. The number of aromatic nitrogens is 1. The van der Waals surface area contributed by atoms with Crippen LogP contribution in [0.3, 0.4) is 0 Å². The number of rotatable bonds is 2. The van der Waals surface area contributed by atoms with E-state index in [0.29, 0.717) is 5.57 Å². The van der Waals surface area contributed by atoms with Gasteiger partial charge in [-0.1, -0.05) is 30.3 Å². The first-order chi connectivity index (χ1) is 10.8. The van der Waals surface area contributed by atoms with E-state index in [1.807, 2.05) is 36.5 Å². The molecule has 4 heteroatoms. The monoisotopic (exact) mass is 303 g/mol. The summed E-state index contributed by atoms with van der Waals surface area (Å²) in [5.74, 6) is 0. The standard InChI is InChI=1S/C18H13N3S/c19-11-14(18-20-15-6-2-4-8-17(15)22-18)12-21-10-9-13-5-1-3-7-16(13)21/h1-8,12H,9-10H2/b14-12-. The molecule has 1 aromatic heterocycles. The highest BCUT2D eigenvalue weighted by Gasteiger charge is 2.18. The number of fused-ring (bicyclic) bond motifs is 2. The molecule has 0 saturated carbocycles. The van der Waals surface area contributed by atoms with E-state index < -0.39 is 0 Å². The van der Waals surface area contributed by atoms with Crippen LogP contribution >= 0.6 is 11.3 Å². The van der Waals surface area contributed by atoms with E-state index in [4.69, 9.17) is 0 Å². The maximum absolute atomic E-state index is 9.53. The third kappa shape index (κ3) is 2.16. The van der Waals surface area contributed by atoms with Gasteiger partial charge in [0.05, 0.1) is 10.2 Å². The van der Waals surface area contributed by atoms with E-state index in [2.05, 4.69) is 34.2 Å². The Morgan fingerprint density at radius 2 is 2.00 bits per heavy atom. The Bertz CT molecular complexity index is 884. The molecule has 3 aromatic rings. The Balaban J connectivity index is 1.75. The molecule has 0 saturated heterocycles. The molecule has 4 rings (SSSR count). The zero-order valence-electron chi connectivity index (χ0n) is 11.9. The number of allylic oxidation sites excluding steroid dienone is 1. The van der Waals surface area contributed by atoms with Crippen molar-refractivity contribution in [2.75, 3.05) is 11.4 Å². The number of thiazole rings is 1. The summed E-state index contributed by atoms with van der Waals surface area (Å²) in [4.78, 5) is 6.74. The van der Waals surface area contributed by atoms with Gasteiger partial charge in [-0.2, -0.15) is 5.26 Å². The molecule has 2 heterocycles. The predicted octanol–water partition coefficient (Wildman–Crippen LogP) is 4.22. The fraction of sp³-hybridized carbons (Fsp3) is 0.111. The van der Waals surface area contributed by atoms with Crippen LogP contribution in [0.2, 0.25) is 0 Å². The molecule has 106 valence electrons. The second-order valence-electron chi connectivity index (χ2n) is 5.21. The largest absolute Gasteiger partial charge is 0.346 e. The Kier molecular flexibility index (Phi) is 3.14. The van der Waals surface area contributed by atoms with Gasteiger partial charge >= 0.3 is 0 Å². The maximum Gasteiger partial charge on any atom is 0.136 e. The third-order valence-electron chi connectivity index (χ3n) is 3.85. The topological polar surface area (TPSA) is 39.9 Å². The summed E-state index contributed by atoms with van der Waals surface area (Å²) in [6.45, 7) is 0.912. The van der Waals surface area contributed by atoms with Gasteiger partial charge in [0.1, 0.15) is 16.6 Å². The molecular weight excluding hydrogens is 290 g/mol. The van der Waals surface area contributed by atoms with Crippen LogP contribution in [-0.4, -0.2) is 11.5 Å². The lowest BCUT2D eigenvalue weighted by Crippen LogP contribution is -2.12. The minimum atomic E-state index is 0.623. The molecular formula is C18H13N3S. The van der Waals surface area contributed by atoms with Gasteiger partial charge in [0.15, 0.2) is 0 Å². The Morgan fingerprint density at radius 1 is 1.18 bits per heavy atom. The lowest BCUT2D eigenvalue weighted by Gasteiger charge is -2.14. The molecule has 0 N–H and O–H groups in total. The molecule has 1 aliphatic rings. The number of nitriles is 1. The highest BCUT2D eigenvalue weighted by atomic mass is 32.1. The van der Waals surface area contributed by atoms with Crippen molar-refractivity contribution in [2.24, 2.45) is 0 Å². The molecule has 3 nitrogen and oxygen atoms in total. The first-order valence-corrected chi connectivity index (χ1v) is 7.99. The predicted molar refractivity (Wildman–Crippen MR) is 90.7 cm³/mol. The summed E-state index contributed by atoms with van der Waals surface area (Å²) in [7, 11) is 0. The second-order valence-corrected chi connectivity index (χ2v) is 6.24. The van der Waals surface area contributed by atoms with E-state index in [-0.39, 0.29) is 0 Å². The summed E-state index contributed by atoms with van der Waals surface area (Å²) in [5.41, 5.74) is 4.10. The molecule has 22 heavy (non-hydrogen) atoms. The van der Waals surface area contributed by atoms with Crippen LogP contribution in [0.15, 0.2) is 54.7 Å². The Labute approximate surface area is 132 Å². The van der Waals surface area contributed by atoms with Gasteiger partial charge in [0, 0.05) is 18.4 Å². The highest BCUT2D eigenvalue weighted by molar-refractivity contribution is 7.19. The number of hydrogen-bond acceptors (Lipinski definition) is 4. The quantitative estimate of drug-likeness (QED) is 0.665. The molecule has 0 amide bonds. The first kappa shape index (κ1) is 13.1. The van der Waals surface area contributed by atoms with Crippen LogP contribution in [-0.2, 0) is 6.42 Å². The van der Waals surface area contributed by atoms with Crippen molar-refractivity contribution >= 4 is 32.8 Å². The number of benzene rings is 2. The van der Waals surface area contributed by atoms with Gasteiger partial charge in [-0.05, 0) is 30.2 Å². The van der Waals surface area contributed by atoms with Gasteiger partial charge in [-0.3, -0.25) is 0 Å². The van der Waals surface area contributed by atoms with Crippen LogP contribution < -0.4 is 4.90 Å². The van der Waals surface area contributed by atoms with E-state index in [9.17, 15) is 5.26 Å². The normalized spacial score (nSPS) is 14.1. The number of para-hydroxylation sites is 2. The van der Waals surface area contributed by atoms with Crippen LogP contribution in [0, 0.1) is 11.3 Å². The highest BCUT2D eigenvalue weighted by Crippen LogP contribution is 2.31. The van der Waals surface area contributed by atoms with Crippen LogP contribution in [0.25, 0.3) is 15.8 Å². The van der Waals surface area contributed by atoms with E-state index >= 15 is 0 Å². The van der Waals surface area contributed by atoms with E-state index in [1.165, 1.54) is 11.3 Å². The third-order valence-corrected chi connectivity index (χ3v) is 4.92. The minimum absolute atomic E-state index is 0.623. The van der Waals surface area contributed by atoms with Crippen LogP contribution in [0.5, 0.6) is 0 Å². The first-order valence-electron chi connectivity index (χ1n) is 7.17. The average Bonchev–Trinajstić information content (AvgIpc) is 3.16. The van der Waals surface area contributed by atoms with Gasteiger partial charge < -0.3 is 4.90 Å². The molecule has 0 radical (unpaired) electrons. The zero-order chi connectivity index (χ0) is 14.9. The summed E-state index contributed by atoms with van der Waals surface area (Å²) in [5, 5.41) is 10.3. The molecule has 0 aliphatic carbocycles. The maximum atomic E-state index is 9.53. The van der Waals surface area contributed by atoms with Crippen molar-refractivity contribution in [3.8, 4) is 6.07 Å². The summed E-state index contributed by atoms with van der Waals surface area (Å²) in [6.07, 6.45) is 2.95. The fourth-order valence-electron chi connectivity index (χ4n) is 2.77. The Morgan fingerprint density at radius 3 is 2.86 bits per heavy atom. The van der Waals surface area contributed by atoms with Crippen molar-refractivity contribution in [3.05, 3.63) is 65.3 Å². The molecule has 1 aliphatic heterocycles. The fourth-order valence-corrected chi connectivity index (χ4v) is 3.70. The molecule has 0 unspecified atom stereocenters. The SMILES string of the molecule is N#C/C(=C/N1CCc2ccccc21)c1nc2ccccc2s1. The van der Waals surface area contributed by atoms with Crippen molar-refractivity contribution in [1.29, 1.82) is 5.26 Å². The lowest BCUT2D eigenvalue weighted by molar-refractivity contribution is 0.994. The van der Waals surface area contributed by atoms with Crippen molar-refractivity contribution in [1.82, 2.24) is 4.98 Å². The number of anilines is 1. The van der Waals surface area contributed by atoms with Crippen LogP contribution in [0.4, 0.5) is 5.69 Å². The molecule has 0 fully saturated rings. The van der Waals surface area contributed by atoms with Gasteiger partial charge in [0.2, 0.25) is 0 Å². The van der Waals surface area contributed by atoms with Gasteiger partial charge in [-0.15, -0.1) is 11.3 Å². The van der Waals surface area contributed by atoms with Crippen molar-refractivity contribution in [3.63, 3.8) is 0 Å². The average molecular weight is 303 g/mol. The lowest BCUT2D eigenvalue weighted by atomic mass is 10.2. The number of hydrogen-bond donors (Lipinski definition) is 0. The summed E-state index contributed by atoms with van der Waals surface area (Å²) < 4.78 is 1.11. The summed E-state index contributed by atoms with van der Waals surface area (Å²) >= 11 is 1.57. The van der Waals surface area contributed by atoms with Crippen molar-refractivity contribution < 1.29 is 0 Å².